The minimum absolute atomic E-state index is 0.00119. The van der Waals surface area contributed by atoms with Gasteiger partial charge in [-0.15, -0.1) is 0 Å². The highest BCUT2D eigenvalue weighted by Gasteiger charge is 2.16. The third-order valence-electron chi connectivity index (χ3n) is 2.61. The van der Waals surface area contributed by atoms with Crippen LogP contribution in [0, 0.1) is 17.5 Å². The van der Waals surface area contributed by atoms with Crippen LogP contribution < -0.4 is 0 Å². The Kier molecular flexibility index (Phi) is 3.62. The molecule has 1 aromatic carbocycles. The van der Waals surface area contributed by atoms with Crippen molar-refractivity contribution in [1.29, 1.82) is 0 Å². The summed E-state index contributed by atoms with van der Waals surface area (Å²) in [5.74, 6) is -2.69. The first-order chi connectivity index (χ1) is 8.59. The molecule has 18 heavy (non-hydrogen) atoms. The molecule has 0 saturated carbocycles. The van der Waals surface area contributed by atoms with Gasteiger partial charge in [0.25, 0.3) is 0 Å². The van der Waals surface area contributed by atoms with Crippen molar-refractivity contribution in [1.82, 2.24) is 4.98 Å². The second-order valence-corrected chi connectivity index (χ2v) is 3.83. The molecule has 0 radical (unpaired) electrons. The highest BCUT2D eigenvalue weighted by atomic mass is 19.2. The van der Waals surface area contributed by atoms with Crippen LogP contribution in [0.15, 0.2) is 36.7 Å². The fraction of sp³-hybridized carbons (Fsp3) is 0.154. The van der Waals surface area contributed by atoms with Gasteiger partial charge in [-0.3, -0.25) is 4.98 Å². The molecule has 2 rings (SSSR count). The largest absolute Gasteiger partial charge is 0.388 e. The molecule has 0 spiro atoms. The molecule has 2 nitrogen and oxygen atoms in total. The minimum Gasteiger partial charge on any atom is -0.388 e. The average Bonchev–Trinajstić information content (AvgIpc) is 2.35. The molecule has 0 aliphatic carbocycles. The molecule has 1 atom stereocenters. The highest BCUT2D eigenvalue weighted by Crippen LogP contribution is 2.22. The molecule has 0 aliphatic rings. The van der Waals surface area contributed by atoms with Crippen molar-refractivity contribution in [3.63, 3.8) is 0 Å². The van der Waals surface area contributed by atoms with Crippen LogP contribution >= 0.6 is 0 Å². The standard InChI is InChI=1S/C13H10F3NO/c14-10-3-1-2-8(13(10)16)6-12(18)9-4-5-17-7-11(9)15/h1-5,7,12,18H,6H2. The molecule has 0 saturated heterocycles. The maximum Gasteiger partial charge on any atom is 0.162 e. The van der Waals surface area contributed by atoms with Gasteiger partial charge in [0.05, 0.1) is 12.3 Å². The zero-order valence-electron chi connectivity index (χ0n) is 9.28. The molecule has 1 N–H and O–H groups in total. The summed E-state index contributed by atoms with van der Waals surface area (Å²) in [6.07, 6.45) is 0.832. The van der Waals surface area contributed by atoms with Crippen LogP contribution in [-0.2, 0) is 6.42 Å². The average molecular weight is 253 g/mol. The fourth-order valence-corrected chi connectivity index (χ4v) is 1.68. The fourth-order valence-electron chi connectivity index (χ4n) is 1.68. The van der Waals surface area contributed by atoms with Gasteiger partial charge in [0.2, 0.25) is 0 Å². The van der Waals surface area contributed by atoms with E-state index < -0.39 is 23.6 Å². The first-order valence-corrected chi connectivity index (χ1v) is 5.30. The third kappa shape index (κ3) is 2.51. The molecular weight excluding hydrogens is 243 g/mol. The topological polar surface area (TPSA) is 33.1 Å². The summed E-state index contributed by atoms with van der Waals surface area (Å²) in [6, 6.07) is 4.97. The molecule has 1 heterocycles. The molecule has 0 bridgehead atoms. The van der Waals surface area contributed by atoms with Gasteiger partial charge in [0.15, 0.2) is 11.6 Å². The molecular formula is C13H10F3NO. The van der Waals surface area contributed by atoms with Crippen molar-refractivity contribution in [3.8, 4) is 0 Å². The van der Waals surface area contributed by atoms with E-state index >= 15 is 0 Å². The van der Waals surface area contributed by atoms with Gasteiger partial charge in [-0.25, -0.2) is 13.2 Å². The van der Waals surface area contributed by atoms with E-state index in [1.807, 2.05) is 0 Å². The van der Waals surface area contributed by atoms with Gasteiger partial charge < -0.3 is 5.11 Å². The molecule has 0 fully saturated rings. The Morgan fingerprint density at radius 1 is 1.11 bits per heavy atom. The number of benzene rings is 1. The van der Waals surface area contributed by atoms with Crippen molar-refractivity contribution in [2.75, 3.05) is 0 Å². The second kappa shape index (κ2) is 5.18. The smallest absolute Gasteiger partial charge is 0.162 e. The lowest BCUT2D eigenvalue weighted by Crippen LogP contribution is -2.06. The number of hydrogen-bond donors (Lipinski definition) is 1. The number of nitrogens with zero attached hydrogens (tertiary/aromatic N) is 1. The van der Waals surface area contributed by atoms with Crippen LogP contribution in [0.5, 0.6) is 0 Å². The molecule has 0 aliphatic heterocycles. The Morgan fingerprint density at radius 2 is 1.89 bits per heavy atom. The Labute approximate surface area is 102 Å². The van der Waals surface area contributed by atoms with Crippen molar-refractivity contribution in [2.24, 2.45) is 0 Å². The molecule has 5 heteroatoms. The summed E-state index contributed by atoms with van der Waals surface area (Å²) in [5.41, 5.74) is 0.00683. The zero-order chi connectivity index (χ0) is 13.1. The molecule has 2 aromatic rings. The number of aromatic nitrogens is 1. The van der Waals surface area contributed by atoms with E-state index in [2.05, 4.69) is 4.98 Å². The molecule has 94 valence electrons. The monoisotopic (exact) mass is 253 g/mol. The van der Waals surface area contributed by atoms with E-state index in [1.54, 1.807) is 0 Å². The SMILES string of the molecule is OC(Cc1cccc(F)c1F)c1ccncc1F. The van der Waals surface area contributed by atoms with Crippen LogP contribution in [0.1, 0.15) is 17.2 Å². The Hall–Kier alpha value is -1.88. The first-order valence-electron chi connectivity index (χ1n) is 5.30. The number of rotatable bonds is 3. The zero-order valence-corrected chi connectivity index (χ0v) is 9.28. The van der Waals surface area contributed by atoms with Gasteiger partial charge in [-0.2, -0.15) is 0 Å². The highest BCUT2D eigenvalue weighted by molar-refractivity contribution is 5.23. The van der Waals surface area contributed by atoms with Crippen LogP contribution in [0.25, 0.3) is 0 Å². The van der Waals surface area contributed by atoms with Crippen molar-refractivity contribution in [3.05, 3.63) is 65.2 Å². The first kappa shape index (κ1) is 12.6. The lowest BCUT2D eigenvalue weighted by atomic mass is 10.0. The van der Waals surface area contributed by atoms with Crippen LogP contribution in [0.2, 0.25) is 0 Å². The van der Waals surface area contributed by atoms with E-state index in [9.17, 15) is 18.3 Å². The number of pyridine rings is 1. The van der Waals surface area contributed by atoms with Crippen LogP contribution in [0.3, 0.4) is 0 Å². The van der Waals surface area contributed by atoms with Gasteiger partial charge in [-0.05, 0) is 17.7 Å². The number of hydrogen-bond acceptors (Lipinski definition) is 2. The Morgan fingerprint density at radius 3 is 2.61 bits per heavy atom. The Bertz CT molecular complexity index is 560. The summed E-state index contributed by atoms with van der Waals surface area (Å²) in [6.45, 7) is 0. The van der Waals surface area contributed by atoms with E-state index in [0.29, 0.717) is 0 Å². The van der Waals surface area contributed by atoms with Gasteiger partial charge >= 0.3 is 0 Å². The van der Waals surface area contributed by atoms with E-state index in [0.717, 1.165) is 12.3 Å². The van der Waals surface area contributed by atoms with Crippen molar-refractivity contribution >= 4 is 0 Å². The summed E-state index contributed by atoms with van der Waals surface area (Å²) in [7, 11) is 0. The third-order valence-corrected chi connectivity index (χ3v) is 2.61. The number of halogens is 3. The lowest BCUT2D eigenvalue weighted by molar-refractivity contribution is 0.172. The van der Waals surface area contributed by atoms with Crippen LogP contribution in [-0.4, -0.2) is 10.1 Å². The molecule has 0 amide bonds. The predicted octanol–water partition coefficient (Wildman–Crippen LogP) is 2.78. The number of aliphatic hydroxyl groups excluding tert-OH is 1. The quantitative estimate of drug-likeness (QED) is 0.912. The van der Waals surface area contributed by atoms with E-state index in [-0.39, 0.29) is 17.5 Å². The summed E-state index contributed by atoms with van der Waals surface area (Å²) >= 11 is 0. The normalized spacial score (nSPS) is 12.4. The van der Waals surface area contributed by atoms with Crippen molar-refractivity contribution < 1.29 is 18.3 Å². The van der Waals surface area contributed by atoms with Gasteiger partial charge in [-0.1, -0.05) is 12.1 Å². The maximum atomic E-state index is 13.4. The van der Waals surface area contributed by atoms with Crippen LogP contribution in [0.4, 0.5) is 13.2 Å². The summed E-state index contributed by atoms with van der Waals surface area (Å²) in [5, 5.41) is 9.81. The van der Waals surface area contributed by atoms with E-state index in [4.69, 9.17) is 0 Å². The minimum atomic E-state index is -1.25. The van der Waals surface area contributed by atoms with E-state index in [1.165, 1.54) is 24.4 Å². The summed E-state index contributed by atoms with van der Waals surface area (Å²) in [4.78, 5) is 3.55. The van der Waals surface area contributed by atoms with Crippen molar-refractivity contribution in [2.45, 2.75) is 12.5 Å². The molecule has 1 unspecified atom stereocenters. The van der Waals surface area contributed by atoms with Gasteiger partial charge in [0, 0.05) is 18.2 Å². The molecule has 1 aromatic heterocycles. The second-order valence-electron chi connectivity index (χ2n) is 3.83. The number of aliphatic hydroxyl groups is 1. The maximum absolute atomic E-state index is 13.4. The summed E-state index contributed by atoms with van der Waals surface area (Å²) < 4.78 is 39.7. The Balaban J connectivity index is 2.24. The predicted molar refractivity (Wildman–Crippen MR) is 59.2 cm³/mol. The lowest BCUT2D eigenvalue weighted by Gasteiger charge is -2.12. The van der Waals surface area contributed by atoms with Gasteiger partial charge in [0.1, 0.15) is 5.82 Å².